The van der Waals surface area contributed by atoms with Crippen molar-refractivity contribution in [2.75, 3.05) is 32.8 Å². The molecule has 0 aliphatic heterocycles. The fraction of sp³-hybridized carbons (Fsp3) is 0.571. The number of hydrogen-bond acceptors (Lipinski definition) is 3. The van der Waals surface area contributed by atoms with Crippen LogP contribution < -0.4 is 9.47 Å². The van der Waals surface area contributed by atoms with Crippen LogP contribution in [0.5, 0.6) is 11.5 Å². The third-order valence-electron chi connectivity index (χ3n) is 2.69. The van der Waals surface area contributed by atoms with Crippen molar-refractivity contribution in [1.82, 2.24) is 4.90 Å². The SMILES string of the molecule is CCOc1cccc(OCCN(CC)CC)c1. The van der Waals surface area contributed by atoms with Crippen LogP contribution in [0, 0.1) is 0 Å². The van der Waals surface area contributed by atoms with Crippen LogP contribution in [0.2, 0.25) is 0 Å². The predicted molar refractivity (Wildman–Crippen MR) is 70.9 cm³/mol. The monoisotopic (exact) mass is 237 g/mol. The number of benzene rings is 1. The molecule has 3 nitrogen and oxygen atoms in total. The Morgan fingerprint density at radius 3 is 2.24 bits per heavy atom. The van der Waals surface area contributed by atoms with E-state index in [1.807, 2.05) is 31.2 Å². The van der Waals surface area contributed by atoms with Gasteiger partial charge in [0.05, 0.1) is 6.61 Å². The quantitative estimate of drug-likeness (QED) is 0.694. The third-order valence-corrected chi connectivity index (χ3v) is 2.69. The molecule has 0 heterocycles. The molecule has 0 radical (unpaired) electrons. The lowest BCUT2D eigenvalue weighted by molar-refractivity contribution is 0.222. The number of ether oxygens (including phenoxy) is 2. The fourth-order valence-corrected chi connectivity index (χ4v) is 1.65. The van der Waals surface area contributed by atoms with Crippen LogP contribution in [0.3, 0.4) is 0 Å². The normalized spacial score (nSPS) is 10.6. The molecule has 0 aliphatic rings. The summed E-state index contributed by atoms with van der Waals surface area (Å²) in [6.45, 7) is 10.8. The Balaban J connectivity index is 2.38. The zero-order valence-electron chi connectivity index (χ0n) is 11.1. The van der Waals surface area contributed by atoms with Crippen LogP contribution in [0.15, 0.2) is 24.3 Å². The summed E-state index contributed by atoms with van der Waals surface area (Å²) in [6, 6.07) is 7.80. The molecule has 1 rings (SSSR count). The highest BCUT2D eigenvalue weighted by atomic mass is 16.5. The van der Waals surface area contributed by atoms with Crippen molar-refractivity contribution in [2.45, 2.75) is 20.8 Å². The molecule has 0 N–H and O–H groups in total. The average Bonchev–Trinajstić information content (AvgIpc) is 2.36. The van der Waals surface area contributed by atoms with Gasteiger partial charge in [-0.3, -0.25) is 0 Å². The molecular formula is C14H23NO2. The average molecular weight is 237 g/mol. The summed E-state index contributed by atoms with van der Waals surface area (Å²) in [5.41, 5.74) is 0. The van der Waals surface area contributed by atoms with Crippen molar-refractivity contribution >= 4 is 0 Å². The Bertz CT molecular complexity index is 311. The second-order valence-corrected chi connectivity index (χ2v) is 3.78. The van der Waals surface area contributed by atoms with E-state index in [0.29, 0.717) is 6.61 Å². The lowest BCUT2D eigenvalue weighted by Crippen LogP contribution is -2.27. The Morgan fingerprint density at radius 1 is 1.00 bits per heavy atom. The van der Waals surface area contributed by atoms with Crippen molar-refractivity contribution in [3.63, 3.8) is 0 Å². The van der Waals surface area contributed by atoms with Gasteiger partial charge in [-0.15, -0.1) is 0 Å². The number of rotatable bonds is 8. The molecule has 1 aromatic rings. The van der Waals surface area contributed by atoms with Crippen LogP contribution in [-0.4, -0.2) is 37.7 Å². The van der Waals surface area contributed by atoms with E-state index in [2.05, 4.69) is 18.7 Å². The standard InChI is InChI=1S/C14H23NO2/c1-4-15(5-2)10-11-17-14-9-7-8-13(12-14)16-6-3/h7-9,12H,4-6,10-11H2,1-3H3. The highest BCUT2D eigenvalue weighted by molar-refractivity contribution is 5.32. The number of likely N-dealkylation sites (N-methyl/N-ethyl adjacent to an activating group) is 1. The summed E-state index contributed by atoms with van der Waals surface area (Å²) in [4.78, 5) is 2.34. The molecule has 3 heteroatoms. The van der Waals surface area contributed by atoms with Gasteiger partial charge in [-0.25, -0.2) is 0 Å². The summed E-state index contributed by atoms with van der Waals surface area (Å²) in [6.07, 6.45) is 0. The zero-order chi connectivity index (χ0) is 12.5. The first-order valence-electron chi connectivity index (χ1n) is 6.38. The van der Waals surface area contributed by atoms with Gasteiger partial charge in [0.25, 0.3) is 0 Å². The van der Waals surface area contributed by atoms with Crippen LogP contribution >= 0.6 is 0 Å². The minimum atomic E-state index is 0.683. The fourth-order valence-electron chi connectivity index (χ4n) is 1.65. The van der Waals surface area contributed by atoms with Crippen molar-refractivity contribution in [3.8, 4) is 11.5 Å². The zero-order valence-corrected chi connectivity index (χ0v) is 11.1. The summed E-state index contributed by atoms with van der Waals surface area (Å²) in [5, 5.41) is 0. The molecule has 0 atom stereocenters. The first-order chi connectivity index (χ1) is 8.30. The first-order valence-corrected chi connectivity index (χ1v) is 6.38. The van der Waals surface area contributed by atoms with Crippen LogP contribution in [0.1, 0.15) is 20.8 Å². The van der Waals surface area contributed by atoms with Crippen LogP contribution in [0.4, 0.5) is 0 Å². The van der Waals surface area contributed by atoms with Gasteiger partial charge in [-0.2, -0.15) is 0 Å². The van der Waals surface area contributed by atoms with Gasteiger partial charge in [0, 0.05) is 12.6 Å². The Morgan fingerprint density at radius 2 is 1.65 bits per heavy atom. The van der Waals surface area contributed by atoms with E-state index in [0.717, 1.165) is 37.7 Å². The second kappa shape index (κ2) is 7.96. The van der Waals surface area contributed by atoms with Gasteiger partial charge in [0.2, 0.25) is 0 Å². The molecule has 96 valence electrons. The summed E-state index contributed by atoms with van der Waals surface area (Å²) < 4.78 is 11.1. The summed E-state index contributed by atoms with van der Waals surface area (Å²) >= 11 is 0. The van der Waals surface area contributed by atoms with Crippen molar-refractivity contribution in [3.05, 3.63) is 24.3 Å². The van der Waals surface area contributed by atoms with Crippen LogP contribution in [0.25, 0.3) is 0 Å². The highest BCUT2D eigenvalue weighted by Gasteiger charge is 2.00. The lowest BCUT2D eigenvalue weighted by Gasteiger charge is -2.18. The molecule has 0 spiro atoms. The van der Waals surface area contributed by atoms with Gasteiger partial charge in [0.15, 0.2) is 0 Å². The van der Waals surface area contributed by atoms with Gasteiger partial charge in [0.1, 0.15) is 18.1 Å². The molecule has 0 aliphatic carbocycles. The first kappa shape index (κ1) is 13.8. The smallest absolute Gasteiger partial charge is 0.123 e. The predicted octanol–water partition coefficient (Wildman–Crippen LogP) is 2.81. The van der Waals surface area contributed by atoms with Gasteiger partial charge in [-0.05, 0) is 32.1 Å². The van der Waals surface area contributed by atoms with Gasteiger partial charge in [-0.1, -0.05) is 19.9 Å². The third kappa shape index (κ3) is 5.09. The molecule has 1 aromatic carbocycles. The van der Waals surface area contributed by atoms with Gasteiger partial charge < -0.3 is 14.4 Å². The molecule has 0 bridgehead atoms. The molecule has 17 heavy (non-hydrogen) atoms. The van der Waals surface area contributed by atoms with E-state index >= 15 is 0 Å². The lowest BCUT2D eigenvalue weighted by atomic mass is 10.3. The Labute approximate surface area is 104 Å². The van der Waals surface area contributed by atoms with Crippen LogP contribution in [-0.2, 0) is 0 Å². The maximum absolute atomic E-state index is 5.71. The van der Waals surface area contributed by atoms with E-state index < -0.39 is 0 Å². The van der Waals surface area contributed by atoms with Crippen molar-refractivity contribution < 1.29 is 9.47 Å². The summed E-state index contributed by atoms with van der Waals surface area (Å²) in [5.74, 6) is 1.75. The van der Waals surface area contributed by atoms with E-state index in [-0.39, 0.29) is 0 Å². The van der Waals surface area contributed by atoms with E-state index in [9.17, 15) is 0 Å². The molecule has 0 fully saturated rings. The van der Waals surface area contributed by atoms with E-state index in [4.69, 9.17) is 9.47 Å². The topological polar surface area (TPSA) is 21.7 Å². The number of hydrogen-bond donors (Lipinski definition) is 0. The van der Waals surface area contributed by atoms with Crippen molar-refractivity contribution in [2.24, 2.45) is 0 Å². The second-order valence-electron chi connectivity index (χ2n) is 3.78. The molecule has 0 aromatic heterocycles. The van der Waals surface area contributed by atoms with E-state index in [1.165, 1.54) is 0 Å². The molecular weight excluding hydrogens is 214 g/mol. The maximum atomic E-state index is 5.71. The number of nitrogens with zero attached hydrogens (tertiary/aromatic N) is 1. The maximum Gasteiger partial charge on any atom is 0.123 e. The summed E-state index contributed by atoms with van der Waals surface area (Å²) in [7, 11) is 0. The highest BCUT2D eigenvalue weighted by Crippen LogP contribution is 2.19. The van der Waals surface area contributed by atoms with Crippen molar-refractivity contribution in [1.29, 1.82) is 0 Å². The Kier molecular flexibility index (Phi) is 6.48. The molecule has 0 amide bonds. The largest absolute Gasteiger partial charge is 0.494 e. The minimum Gasteiger partial charge on any atom is -0.494 e. The van der Waals surface area contributed by atoms with Gasteiger partial charge >= 0.3 is 0 Å². The molecule has 0 unspecified atom stereocenters. The van der Waals surface area contributed by atoms with E-state index in [1.54, 1.807) is 0 Å². The Hall–Kier alpha value is -1.22. The molecule has 0 saturated heterocycles. The molecule has 0 saturated carbocycles. The minimum absolute atomic E-state index is 0.683.